The van der Waals surface area contributed by atoms with E-state index in [2.05, 4.69) is 31.1 Å². The minimum absolute atomic E-state index is 0.461. The molecule has 0 atom stereocenters. The molecule has 4 nitrogen and oxygen atoms in total. The quantitative estimate of drug-likeness (QED) is 0.918. The van der Waals surface area contributed by atoms with Crippen molar-refractivity contribution >= 4 is 0 Å². The Hall–Kier alpha value is -1.81. The lowest BCUT2D eigenvalue weighted by Gasteiger charge is -2.12. The Morgan fingerprint density at radius 1 is 1.21 bits per heavy atom. The average Bonchev–Trinajstić information content (AvgIpc) is 2.75. The van der Waals surface area contributed by atoms with Gasteiger partial charge in [-0.1, -0.05) is 0 Å². The monoisotopic (exact) mass is 259 g/mol. The summed E-state index contributed by atoms with van der Waals surface area (Å²) in [5.41, 5.74) is 11.1. The van der Waals surface area contributed by atoms with Crippen LogP contribution in [0, 0.1) is 13.8 Å². The Balaban J connectivity index is 2.50. The topological polar surface area (TPSA) is 53.1 Å². The molecule has 0 saturated heterocycles. The highest BCUT2D eigenvalue weighted by Crippen LogP contribution is 2.30. The highest BCUT2D eigenvalue weighted by molar-refractivity contribution is 5.67. The van der Waals surface area contributed by atoms with E-state index in [0.29, 0.717) is 13.2 Å². The fourth-order valence-corrected chi connectivity index (χ4v) is 2.26. The first-order valence-corrected chi connectivity index (χ1v) is 6.54. The number of hydrogen-bond donors (Lipinski definition) is 1. The zero-order valence-corrected chi connectivity index (χ0v) is 12.0. The normalized spacial score (nSPS) is 10.8. The maximum atomic E-state index is 5.65. The number of nitrogens with two attached hydrogens (primary N) is 1. The maximum absolute atomic E-state index is 5.65. The summed E-state index contributed by atoms with van der Waals surface area (Å²) < 4.78 is 7.50. The van der Waals surface area contributed by atoms with Gasteiger partial charge in [0.15, 0.2) is 0 Å². The third-order valence-corrected chi connectivity index (χ3v) is 3.24. The zero-order chi connectivity index (χ0) is 14.0. The number of nitrogens with zero attached hydrogens (tertiary/aromatic N) is 2. The first kappa shape index (κ1) is 13.6. The first-order chi connectivity index (χ1) is 9.06. The van der Waals surface area contributed by atoms with Crippen molar-refractivity contribution in [3.63, 3.8) is 0 Å². The largest absolute Gasteiger partial charge is 0.494 e. The third kappa shape index (κ3) is 2.63. The highest BCUT2D eigenvalue weighted by atomic mass is 16.5. The van der Waals surface area contributed by atoms with Gasteiger partial charge in [-0.2, -0.15) is 5.10 Å². The predicted molar refractivity (Wildman–Crippen MR) is 77.2 cm³/mol. The van der Waals surface area contributed by atoms with Crippen LogP contribution in [0.5, 0.6) is 5.75 Å². The third-order valence-electron chi connectivity index (χ3n) is 3.24. The van der Waals surface area contributed by atoms with Crippen molar-refractivity contribution in [2.75, 3.05) is 6.61 Å². The van der Waals surface area contributed by atoms with Gasteiger partial charge in [0.1, 0.15) is 5.75 Å². The molecule has 2 N–H and O–H groups in total. The van der Waals surface area contributed by atoms with E-state index >= 15 is 0 Å². The molecule has 0 radical (unpaired) electrons. The molecule has 0 amide bonds. The Kier molecular flexibility index (Phi) is 3.90. The van der Waals surface area contributed by atoms with Crippen LogP contribution in [-0.4, -0.2) is 16.4 Å². The molecule has 2 rings (SSSR count). The molecule has 1 heterocycles. The second-order valence-electron chi connectivity index (χ2n) is 4.71. The van der Waals surface area contributed by atoms with Crippen molar-refractivity contribution in [3.8, 4) is 17.0 Å². The van der Waals surface area contributed by atoms with Crippen LogP contribution in [0.1, 0.15) is 23.7 Å². The first-order valence-electron chi connectivity index (χ1n) is 6.54. The summed E-state index contributed by atoms with van der Waals surface area (Å²) in [5.74, 6) is 0.949. The summed E-state index contributed by atoms with van der Waals surface area (Å²) in [7, 11) is 1.94. The minimum Gasteiger partial charge on any atom is -0.494 e. The molecule has 0 bridgehead atoms. The summed E-state index contributed by atoms with van der Waals surface area (Å²) in [6.45, 7) is 7.30. The van der Waals surface area contributed by atoms with Crippen molar-refractivity contribution in [2.24, 2.45) is 12.8 Å². The van der Waals surface area contributed by atoms with Crippen LogP contribution < -0.4 is 10.5 Å². The van der Waals surface area contributed by atoms with Gasteiger partial charge < -0.3 is 10.5 Å². The highest BCUT2D eigenvalue weighted by Gasteiger charge is 2.12. The van der Waals surface area contributed by atoms with Crippen LogP contribution in [0.4, 0.5) is 0 Å². The predicted octanol–water partition coefficient (Wildman–Crippen LogP) is 2.56. The van der Waals surface area contributed by atoms with Gasteiger partial charge >= 0.3 is 0 Å². The molecule has 2 aromatic rings. The molecular weight excluding hydrogens is 238 g/mol. The molecule has 0 fully saturated rings. The molecule has 1 aromatic heterocycles. The van der Waals surface area contributed by atoms with Crippen LogP contribution in [0.2, 0.25) is 0 Å². The molecule has 0 aliphatic heterocycles. The van der Waals surface area contributed by atoms with Crippen molar-refractivity contribution < 1.29 is 4.74 Å². The summed E-state index contributed by atoms with van der Waals surface area (Å²) in [6, 6.07) is 6.28. The van der Waals surface area contributed by atoms with Gasteiger partial charge in [-0.15, -0.1) is 0 Å². The Bertz CT molecular complexity index is 587. The lowest BCUT2D eigenvalue weighted by Crippen LogP contribution is -2.00. The van der Waals surface area contributed by atoms with Gasteiger partial charge in [-0.25, -0.2) is 0 Å². The van der Waals surface area contributed by atoms with E-state index in [1.807, 2.05) is 24.7 Å². The van der Waals surface area contributed by atoms with E-state index in [4.69, 9.17) is 10.5 Å². The van der Waals surface area contributed by atoms with Crippen molar-refractivity contribution in [2.45, 2.75) is 27.3 Å². The number of aromatic nitrogens is 2. The minimum atomic E-state index is 0.461. The number of rotatable bonds is 4. The van der Waals surface area contributed by atoms with Crippen LogP contribution in [0.3, 0.4) is 0 Å². The van der Waals surface area contributed by atoms with Gasteiger partial charge in [0.25, 0.3) is 0 Å². The molecule has 0 aliphatic carbocycles. The average molecular weight is 259 g/mol. The molecule has 1 aromatic carbocycles. The SMILES string of the molecule is CCOc1cc(C)c(-c2cc(CN)nn2C)cc1C. The van der Waals surface area contributed by atoms with Gasteiger partial charge in [-0.05, 0) is 50.1 Å². The standard InChI is InChI=1S/C15H21N3O/c1-5-19-15-7-10(2)13(6-11(15)3)14-8-12(9-16)17-18(14)4/h6-8H,5,9,16H2,1-4H3. The van der Waals surface area contributed by atoms with Crippen LogP contribution >= 0.6 is 0 Å². The van der Waals surface area contributed by atoms with Crippen LogP contribution in [0.15, 0.2) is 18.2 Å². The Morgan fingerprint density at radius 2 is 1.95 bits per heavy atom. The molecular formula is C15H21N3O. The summed E-state index contributed by atoms with van der Waals surface area (Å²) >= 11 is 0. The lowest BCUT2D eigenvalue weighted by atomic mass is 10.0. The van der Waals surface area contributed by atoms with Gasteiger partial charge in [0, 0.05) is 19.2 Å². The Labute approximate surface area is 114 Å². The van der Waals surface area contributed by atoms with Crippen molar-refractivity contribution in [1.29, 1.82) is 0 Å². The van der Waals surface area contributed by atoms with Crippen LogP contribution in [-0.2, 0) is 13.6 Å². The lowest BCUT2D eigenvalue weighted by molar-refractivity contribution is 0.337. The summed E-state index contributed by atoms with van der Waals surface area (Å²) in [6.07, 6.45) is 0. The molecule has 0 unspecified atom stereocenters. The second kappa shape index (κ2) is 5.45. The smallest absolute Gasteiger partial charge is 0.122 e. The number of aryl methyl sites for hydroxylation is 3. The second-order valence-corrected chi connectivity index (χ2v) is 4.71. The summed E-state index contributed by atoms with van der Waals surface area (Å²) in [4.78, 5) is 0. The van der Waals surface area contributed by atoms with Gasteiger partial charge in [0.2, 0.25) is 0 Å². The molecule has 19 heavy (non-hydrogen) atoms. The molecule has 102 valence electrons. The molecule has 0 saturated carbocycles. The zero-order valence-electron chi connectivity index (χ0n) is 12.0. The number of hydrogen-bond acceptors (Lipinski definition) is 3. The molecule has 4 heteroatoms. The van der Waals surface area contributed by atoms with E-state index in [1.165, 1.54) is 11.1 Å². The van der Waals surface area contributed by atoms with Crippen molar-refractivity contribution in [3.05, 3.63) is 35.0 Å². The van der Waals surface area contributed by atoms with E-state index in [1.54, 1.807) is 0 Å². The van der Waals surface area contributed by atoms with E-state index in [9.17, 15) is 0 Å². The van der Waals surface area contributed by atoms with E-state index < -0.39 is 0 Å². The van der Waals surface area contributed by atoms with Gasteiger partial charge in [-0.3, -0.25) is 4.68 Å². The molecule has 0 spiro atoms. The van der Waals surface area contributed by atoms with E-state index in [0.717, 1.165) is 22.7 Å². The van der Waals surface area contributed by atoms with Crippen molar-refractivity contribution in [1.82, 2.24) is 9.78 Å². The number of ether oxygens (including phenoxy) is 1. The van der Waals surface area contributed by atoms with Gasteiger partial charge in [0.05, 0.1) is 18.0 Å². The maximum Gasteiger partial charge on any atom is 0.122 e. The fraction of sp³-hybridized carbons (Fsp3) is 0.400. The van der Waals surface area contributed by atoms with E-state index in [-0.39, 0.29) is 0 Å². The molecule has 0 aliphatic rings. The summed E-state index contributed by atoms with van der Waals surface area (Å²) in [5, 5.41) is 4.40. The fourth-order valence-electron chi connectivity index (χ4n) is 2.26. The number of benzene rings is 1. The van der Waals surface area contributed by atoms with Crippen LogP contribution in [0.25, 0.3) is 11.3 Å². The Morgan fingerprint density at radius 3 is 2.53 bits per heavy atom.